The zero-order valence-electron chi connectivity index (χ0n) is 20.0. The molecule has 2 aliphatic heterocycles. The number of fused-ring (bicyclic) bond motifs is 3. The Labute approximate surface area is 223 Å². The predicted molar refractivity (Wildman–Crippen MR) is 139 cm³/mol. The molecule has 0 radical (unpaired) electrons. The molecule has 37 heavy (non-hydrogen) atoms. The van der Waals surface area contributed by atoms with Gasteiger partial charge in [-0.1, -0.05) is 29.8 Å². The molecule has 2 aromatic carbocycles. The van der Waals surface area contributed by atoms with Gasteiger partial charge in [0, 0.05) is 43.5 Å². The molecule has 1 saturated carbocycles. The topological polar surface area (TPSA) is 85.8 Å². The molecule has 2 bridgehead atoms. The number of carbonyl (C=O) groups excluding carboxylic acids is 1. The van der Waals surface area contributed by atoms with E-state index in [1.165, 1.54) is 24.5 Å². The summed E-state index contributed by atoms with van der Waals surface area (Å²) in [5.74, 6) is 1.06. The highest BCUT2D eigenvalue weighted by Gasteiger charge is 2.49. The lowest BCUT2D eigenvalue weighted by Crippen LogP contribution is -2.61. The third-order valence-electron chi connectivity index (χ3n) is 6.73. The van der Waals surface area contributed by atoms with Crippen LogP contribution in [0.1, 0.15) is 6.42 Å². The largest absolute Gasteiger partial charge is 0.487 e. The smallest absolute Gasteiger partial charge is 0.245 e. The van der Waals surface area contributed by atoms with Gasteiger partial charge in [0.15, 0.2) is 17.3 Å². The number of rotatable bonds is 9. The van der Waals surface area contributed by atoms with Crippen LogP contribution in [0.2, 0.25) is 10.0 Å². The van der Waals surface area contributed by atoms with Crippen LogP contribution < -0.4 is 14.8 Å². The summed E-state index contributed by atoms with van der Waals surface area (Å²) in [7, 11) is 1.60. The molecule has 3 aliphatic rings. The van der Waals surface area contributed by atoms with Crippen molar-refractivity contribution in [2.45, 2.75) is 12.5 Å². The number of benzene rings is 2. The van der Waals surface area contributed by atoms with Gasteiger partial charge in [0.25, 0.3) is 0 Å². The van der Waals surface area contributed by atoms with Crippen molar-refractivity contribution in [3.63, 3.8) is 0 Å². The number of nitrogens with one attached hydrogen (secondary N) is 1. The molecular weight excluding hydrogens is 522 g/mol. The van der Waals surface area contributed by atoms with E-state index >= 15 is 0 Å². The summed E-state index contributed by atoms with van der Waals surface area (Å²) in [4.78, 5) is 22.6. The molecule has 8 nitrogen and oxygen atoms in total. The highest BCUT2D eigenvalue weighted by Crippen LogP contribution is 2.45. The van der Waals surface area contributed by atoms with Crippen LogP contribution in [0.3, 0.4) is 0 Å². The lowest BCUT2D eigenvalue weighted by Gasteiger charge is -2.52. The van der Waals surface area contributed by atoms with Gasteiger partial charge in [0.05, 0.1) is 27.9 Å². The highest BCUT2D eigenvalue weighted by atomic mass is 35.5. The van der Waals surface area contributed by atoms with Crippen LogP contribution in [-0.2, 0) is 9.53 Å². The van der Waals surface area contributed by atoms with E-state index in [4.69, 9.17) is 37.4 Å². The van der Waals surface area contributed by atoms with Crippen molar-refractivity contribution in [3.05, 3.63) is 59.1 Å². The van der Waals surface area contributed by atoms with E-state index in [1.807, 2.05) is 4.90 Å². The number of hydrogen-bond acceptors (Lipinski definition) is 7. The number of piperidine rings is 2. The number of hydrogen-bond donors (Lipinski definition) is 1. The van der Waals surface area contributed by atoms with E-state index < -0.39 is 5.82 Å². The van der Waals surface area contributed by atoms with Gasteiger partial charge in [-0.25, -0.2) is 14.4 Å². The minimum absolute atomic E-state index is 0.0650. The molecule has 2 saturated heterocycles. The fourth-order valence-electron chi connectivity index (χ4n) is 4.85. The molecule has 1 aliphatic carbocycles. The van der Waals surface area contributed by atoms with Crippen molar-refractivity contribution >= 4 is 51.5 Å². The van der Waals surface area contributed by atoms with Gasteiger partial charge in [-0.15, -0.1) is 0 Å². The van der Waals surface area contributed by atoms with Crippen molar-refractivity contribution in [2.24, 2.45) is 11.8 Å². The molecule has 3 aromatic rings. The third-order valence-corrected chi connectivity index (χ3v) is 7.51. The third kappa shape index (κ3) is 5.03. The minimum Gasteiger partial charge on any atom is -0.487 e. The number of halogens is 3. The van der Waals surface area contributed by atoms with Crippen molar-refractivity contribution in [3.8, 4) is 11.5 Å². The number of aromatic nitrogens is 2. The van der Waals surface area contributed by atoms with Crippen molar-refractivity contribution in [2.75, 3.05) is 38.7 Å². The van der Waals surface area contributed by atoms with Crippen LogP contribution in [0.25, 0.3) is 10.9 Å². The zero-order valence-corrected chi connectivity index (χ0v) is 21.6. The van der Waals surface area contributed by atoms with Crippen LogP contribution in [0.15, 0.2) is 43.2 Å². The molecule has 194 valence electrons. The monoisotopic (exact) mass is 546 g/mol. The number of amides is 1. The molecule has 3 heterocycles. The molecule has 11 heteroatoms. The second-order valence-corrected chi connectivity index (χ2v) is 9.80. The summed E-state index contributed by atoms with van der Waals surface area (Å²) in [5.41, 5.74) is 0.701. The van der Waals surface area contributed by atoms with E-state index in [2.05, 4.69) is 21.9 Å². The van der Waals surface area contributed by atoms with Crippen molar-refractivity contribution in [1.82, 2.24) is 14.9 Å². The molecule has 3 atom stereocenters. The molecule has 1 aromatic heterocycles. The molecule has 1 N–H and O–H groups in total. The first-order chi connectivity index (χ1) is 17.9. The highest BCUT2D eigenvalue weighted by molar-refractivity contribution is 6.42. The maximum atomic E-state index is 14.7. The first-order valence-corrected chi connectivity index (χ1v) is 12.5. The fraction of sp³-hybridized carbons (Fsp3) is 0.346. The van der Waals surface area contributed by atoms with Crippen LogP contribution in [0.4, 0.5) is 15.9 Å². The summed E-state index contributed by atoms with van der Waals surface area (Å²) in [6, 6.07) is 6.55. The Balaban J connectivity index is 1.46. The van der Waals surface area contributed by atoms with Gasteiger partial charge in [0.2, 0.25) is 5.91 Å². The van der Waals surface area contributed by atoms with Crippen molar-refractivity contribution < 1.29 is 23.4 Å². The Bertz CT molecular complexity index is 1350. The fourth-order valence-corrected chi connectivity index (χ4v) is 5.16. The Morgan fingerprint density at radius 2 is 2.00 bits per heavy atom. The van der Waals surface area contributed by atoms with Crippen LogP contribution in [-0.4, -0.2) is 60.3 Å². The number of ether oxygens (including phenoxy) is 3. The number of nitrogens with zero attached hydrogens (tertiary/aromatic N) is 3. The standard InChI is InChI=1S/C26H25Cl2FN4O4/c1-3-22(34)33-11-14-8-15(12-33)25(14)37-21-9-16-19(10-20(21)36-7-6-35-2)30-13-31-26(16)32-18-5-4-17(27)23(28)24(18)29/h3-5,9-10,13-15,25H,1,6-8,11-12H2,2H3,(H,30,31,32)/t14-,15+,25?. The van der Waals surface area contributed by atoms with E-state index in [0.29, 0.717) is 54.5 Å². The number of methoxy groups -OCH3 is 1. The van der Waals surface area contributed by atoms with Gasteiger partial charge in [-0.2, -0.15) is 0 Å². The number of anilines is 2. The first kappa shape index (κ1) is 25.5. The minimum atomic E-state index is -0.683. The summed E-state index contributed by atoms with van der Waals surface area (Å²) >= 11 is 11.9. The van der Waals surface area contributed by atoms with Crippen LogP contribution in [0, 0.1) is 17.7 Å². The first-order valence-electron chi connectivity index (χ1n) is 11.8. The van der Waals surface area contributed by atoms with Gasteiger partial charge < -0.3 is 24.4 Å². The van der Waals surface area contributed by atoms with E-state index in [-0.39, 0.29) is 39.6 Å². The van der Waals surface area contributed by atoms with Crippen molar-refractivity contribution in [1.29, 1.82) is 0 Å². The lowest BCUT2D eigenvalue weighted by molar-refractivity contribution is -0.142. The molecule has 1 unspecified atom stereocenters. The SMILES string of the molecule is C=CC(=O)N1C[C@H]2C[C@@H](C1)C2Oc1cc2c(Nc3ccc(Cl)c(Cl)c3F)ncnc2cc1OCCOC. The Morgan fingerprint density at radius 3 is 2.73 bits per heavy atom. The van der Waals surface area contributed by atoms with Gasteiger partial charge >= 0.3 is 0 Å². The van der Waals surface area contributed by atoms with Crippen LogP contribution >= 0.6 is 23.2 Å². The summed E-state index contributed by atoms with van der Waals surface area (Å²) in [5, 5.41) is 3.53. The molecule has 0 spiro atoms. The summed E-state index contributed by atoms with van der Waals surface area (Å²) in [6.45, 7) is 5.54. The van der Waals surface area contributed by atoms with Crippen LogP contribution in [0.5, 0.6) is 11.5 Å². The Hall–Kier alpha value is -3.14. The Kier molecular flexibility index (Phi) is 7.37. The van der Waals surface area contributed by atoms with E-state index in [9.17, 15) is 9.18 Å². The molecule has 6 rings (SSSR count). The van der Waals surface area contributed by atoms with Gasteiger partial charge in [-0.05, 0) is 30.7 Å². The van der Waals surface area contributed by atoms with Gasteiger partial charge in [0.1, 0.15) is 24.9 Å². The molecule has 1 amide bonds. The maximum Gasteiger partial charge on any atom is 0.245 e. The molecule has 3 fully saturated rings. The second kappa shape index (κ2) is 10.7. The Morgan fingerprint density at radius 1 is 1.22 bits per heavy atom. The maximum absolute atomic E-state index is 14.7. The normalized spacial score (nSPS) is 20.3. The number of carbonyl (C=O) groups is 1. The zero-order chi connectivity index (χ0) is 26.1. The lowest BCUT2D eigenvalue weighted by atomic mass is 9.68. The van der Waals surface area contributed by atoms with Gasteiger partial charge in [-0.3, -0.25) is 4.79 Å². The molecular formula is C26H25Cl2FN4O4. The van der Waals surface area contributed by atoms with E-state index in [0.717, 1.165) is 6.42 Å². The average Bonchev–Trinajstić information content (AvgIpc) is 2.91. The summed E-state index contributed by atoms with van der Waals surface area (Å²) < 4.78 is 32.3. The van der Waals surface area contributed by atoms with E-state index in [1.54, 1.807) is 19.2 Å². The quantitative estimate of drug-likeness (QED) is 0.222. The summed E-state index contributed by atoms with van der Waals surface area (Å²) in [6.07, 6.45) is 3.65. The second-order valence-electron chi connectivity index (χ2n) is 9.01. The predicted octanol–water partition coefficient (Wildman–Crippen LogP) is 5.26. The average molecular weight is 547 g/mol.